The summed E-state index contributed by atoms with van der Waals surface area (Å²) in [5.74, 6) is 1.75. The predicted molar refractivity (Wildman–Crippen MR) is 147 cm³/mol. The molecule has 0 amide bonds. The van der Waals surface area contributed by atoms with E-state index >= 15 is 0 Å². The number of ether oxygens (including phenoxy) is 3. The third kappa shape index (κ3) is 4.76. The molecule has 4 aromatic carbocycles. The average molecular weight is 479 g/mol. The summed E-state index contributed by atoms with van der Waals surface area (Å²) >= 11 is 0. The number of rotatable bonds is 8. The van der Waals surface area contributed by atoms with Crippen LogP contribution in [-0.2, 0) is 10.2 Å². The van der Waals surface area contributed by atoms with Crippen LogP contribution in [0.4, 0.5) is 0 Å². The van der Waals surface area contributed by atoms with Crippen LogP contribution in [0.2, 0.25) is 0 Å². The molecule has 5 rings (SSSR count). The second kappa shape index (κ2) is 11.0. The van der Waals surface area contributed by atoms with Crippen LogP contribution in [-0.4, -0.2) is 21.0 Å². The highest BCUT2D eigenvalue weighted by Gasteiger charge is 2.37. The molecule has 3 nitrogen and oxygen atoms in total. The van der Waals surface area contributed by atoms with Gasteiger partial charge in [-0.05, 0) is 59.4 Å². The number of hydrogen-bond acceptors (Lipinski definition) is 3. The van der Waals surface area contributed by atoms with E-state index in [0.717, 1.165) is 41.0 Å². The van der Waals surface area contributed by atoms with Crippen LogP contribution in [0.25, 0.3) is 22.3 Å². The number of methoxy groups -OCH3 is 2. The molecular formula is C33H34O3. The third-order valence-electron chi connectivity index (χ3n) is 7.49. The van der Waals surface area contributed by atoms with Gasteiger partial charge in [-0.3, -0.25) is 0 Å². The first-order valence-electron chi connectivity index (χ1n) is 12.8. The lowest BCUT2D eigenvalue weighted by atomic mass is 9.64. The average Bonchev–Trinajstić information content (AvgIpc) is 2.97. The molecule has 36 heavy (non-hydrogen) atoms. The maximum Gasteiger partial charge on any atom is 0.188 e. The molecule has 0 N–H and O–H groups in total. The Hall–Kier alpha value is -3.56. The molecule has 0 saturated heterocycles. The van der Waals surface area contributed by atoms with Crippen molar-refractivity contribution in [3.63, 3.8) is 0 Å². The lowest BCUT2D eigenvalue weighted by molar-refractivity contribution is 0.0515. The molecule has 0 aliphatic heterocycles. The maximum absolute atomic E-state index is 5.99. The smallest absolute Gasteiger partial charge is 0.188 e. The Balaban J connectivity index is 1.66. The lowest BCUT2D eigenvalue weighted by Gasteiger charge is -2.39. The molecule has 1 saturated carbocycles. The van der Waals surface area contributed by atoms with E-state index in [2.05, 4.69) is 91.0 Å². The predicted octanol–water partition coefficient (Wildman–Crippen LogP) is 8.26. The first kappa shape index (κ1) is 24.1. The molecule has 0 aromatic heterocycles. The molecule has 1 fully saturated rings. The molecular weight excluding hydrogens is 444 g/mol. The maximum atomic E-state index is 5.99. The van der Waals surface area contributed by atoms with Crippen molar-refractivity contribution in [3.8, 4) is 33.8 Å². The molecule has 0 atom stereocenters. The first-order chi connectivity index (χ1) is 17.7. The van der Waals surface area contributed by atoms with E-state index in [0.29, 0.717) is 0 Å². The minimum absolute atomic E-state index is 0.0582. The summed E-state index contributed by atoms with van der Waals surface area (Å²) in [6, 6.07) is 34.5. The van der Waals surface area contributed by atoms with Gasteiger partial charge in [0.15, 0.2) is 6.79 Å². The molecule has 0 heterocycles. The summed E-state index contributed by atoms with van der Waals surface area (Å²) in [6.45, 7) is 0.225. The van der Waals surface area contributed by atoms with Gasteiger partial charge in [0.05, 0.1) is 7.11 Å². The molecule has 1 aliphatic rings. The quantitative estimate of drug-likeness (QED) is 0.239. The Morgan fingerprint density at radius 1 is 0.611 bits per heavy atom. The van der Waals surface area contributed by atoms with Gasteiger partial charge >= 0.3 is 0 Å². The summed E-state index contributed by atoms with van der Waals surface area (Å²) in [6.07, 6.45) is 5.97. The molecule has 0 bridgehead atoms. The van der Waals surface area contributed by atoms with Gasteiger partial charge in [-0.1, -0.05) is 92.1 Å². The molecule has 0 radical (unpaired) electrons. The molecule has 0 spiro atoms. The van der Waals surface area contributed by atoms with Gasteiger partial charge in [-0.25, -0.2) is 0 Å². The topological polar surface area (TPSA) is 27.7 Å². The van der Waals surface area contributed by atoms with E-state index in [9.17, 15) is 0 Å². The molecule has 0 unspecified atom stereocenters. The van der Waals surface area contributed by atoms with Crippen LogP contribution in [0.5, 0.6) is 11.5 Å². The second-order valence-electron chi connectivity index (χ2n) is 9.55. The third-order valence-corrected chi connectivity index (χ3v) is 7.49. The molecule has 184 valence electrons. The highest BCUT2D eigenvalue weighted by Crippen LogP contribution is 2.48. The monoisotopic (exact) mass is 478 g/mol. The van der Waals surface area contributed by atoms with Gasteiger partial charge in [0.1, 0.15) is 11.5 Å². The zero-order chi connectivity index (χ0) is 24.8. The van der Waals surface area contributed by atoms with Gasteiger partial charge in [-0.15, -0.1) is 0 Å². The summed E-state index contributed by atoms with van der Waals surface area (Å²) < 4.78 is 17.0. The molecule has 3 heteroatoms. The standard InChI is InChI=1S/C33H34O3/c1-34-24-36-32-19-17-28(23-30(32)26-14-8-4-9-15-26)33(20-10-5-11-21-33)27-16-18-31(35-2)29(22-27)25-12-6-3-7-13-25/h3-4,6-9,12-19,22-23H,5,10-11,20-21,24H2,1-2H3. The van der Waals surface area contributed by atoms with Crippen molar-refractivity contribution in [3.05, 3.63) is 108 Å². The minimum atomic E-state index is -0.0582. The Labute approximate surface area is 214 Å². The van der Waals surface area contributed by atoms with Crippen molar-refractivity contribution in [2.45, 2.75) is 37.5 Å². The van der Waals surface area contributed by atoms with Gasteiger partial charge in [0.2, 0.25) is 0 Å². The van der Waals surface area contributed by atoms with Crippen LogP contribution in [0.3, 0.4) is 0 Å². The SMILES string of the molecule is COCOc1ccc(C2(c3ccc(OC)c(-c4ccccc4)c3)CCCCC2)cc1-c1ccccc1. The Morgan fingerprint density at radius 3 is 1.67 bits per heavy atom. The van der Waals surface area contributed by atoms with Crippen molar-refractivity contribution in [1.29, 1.82) is 0 Å². The summed E-state index contributed by atoms with van der Waals surface area (Å²) in [7, 11) is 3.41. The van der Waals surface area contributed by atoms with Gasteiger partial charge in [-0.2, -0.15) is 0 Å². The second-order valence-corrected chi connectivity index (χ2v) is 9.55. The van der Waals surface area contributed by atoms with E-state index in [1.807, 2.05) is 6.07 Å². The van der Waals surface area contributed by atoms with Crippen LogP contribution in [0, 0.1) is 0 Å². The summed E-state index contributed by atoms with van der Waals surface area (Å²) in [5, 5.41) is 0. The zero-order valence-corrected chi connectivity index (χ0v) is 21.2. The minimum Gasteiger partial charge on any atom is -0.496 e. The van der Waals surface area contributed by atoms with Gasteiger partial charge in [0.25, 0.3) is 0 Å². The van der Waals surface area contributed by atoms with Crippen LogP contribution in [0.15, 0.2) is 97.1 Å². The van der Waals surface area contributed by atoms with Gasteiger partial charge < -0.3 is 14.2 Å². The van der Waals surface area contributed by atoms with E-state index < -0.39 is 0 Å². The number of hydrogen-bond donors (Lipinski definition) is 0. The largest absolute Gasteiger partial charge is 0.496 e. The fraction of sp³-hybridized carbons (Fsp3) is 0.273. The van der Waals surface area contributed by atoms with E-state index in [4.69, 9.17) is 14.2 Å². The molecule has 4 aromatic rings. The van der Waals surface area contributed by atoms with Crippen LogP contribution in [0.1, 0.15) is 43.2 Å². The number of benzene rings is 4. The van der Waals surface area contributed by atoms with Crippen molar-refractivity contribution in [1.82, 2.24) is 0 Å². The van der Waals surface area contributed by atoms with E-state index in [1.165, 1.54) is 36.0 Å². The Morgan fingerprint density at radius 2 is 1.14 bits per heavy atom. The lowest BCUT2D eigenvalue weighted by Crippen LogP contribution is -2.30. The van der Waals surface area contributed by atoms with Crippen LogP contribution >= 0.6 is 0 Å². The first-order valence-corrected chi connectivity index (χ1v) is 12.8. The van der Waals surface area contributed by atoms with E-state index in [-0.39, 0.29) is 12.2 Å². The highest BCUT2D eigenvalue weighted by atomic mass is 16.7. The van der Waals surface area contributed by atoms with Crippen molar-refractivity contribution >= 4 is 0 Å². The fourth-order valence-corrected chi connectivity index (χ4v) is 5.67. The van der Waals surface area contributed by atoms with Crippen molar-refractivity contribution < 1.29 is 14.2 Å². The fourth-order valence-electron chi connectivity index (χ4n) is 5.67. The zero-order valence-electron chi connectivity index (χ0n) is 21.2. The van der Waals surface area contributed by atoms with E-state index in [1.54, 1.807) is 14.2 Å². The van der Waals surface area contributed by atoms with Crippen LogP contribution < -0.4 is 9.47 Å². The summed E-state index contributed by atoms with van der Waals surface area (Å²) in [4.78, 5) is 0. The van der Waals surface area contributed by atoms with Gasteiger partial charge in [0, 0.05) is 23.7 Å². The van der Waals surface area contributed by atoms with Crippen molar-refractivity contribution in [2.24, 2.45) is 0 Å². The summed E-state index contributed by atoms with van der Waals surface area (Å²) in [5.41, 5.74) is 7.21. The highest BCUT2D eigenvalue weighted by molar-refractivity contribution is 5.74. The Bertz CT molecular complexity index is 1280. The molecule has 1 aliphatic carbocycles. The Kier molecular flexibility index (Phi) is 7.39. The van der Waals surface area contributed by atoms with Crippen molar-refractivity contribution in [2.75, 3.05) is 21.0 Å². The normalized spacial score (nSPS) is 14.8.